The number of rotatable bonds is 3. The summed E-state index contributed by atoms with van der Waals surface area (Å²) in [7, 11) is 0. The van der Waals surface area contributed by atoms with E-state index in [0.29, 0.717) is 6.04 Å². The van der Waals surface area contributed by atoms with Crippen molar-refractivity contribution in [3.63, 3.8) is 0 Å². The van der Waals surface area contributed by atoms with Gasteiger partial charge in [0.25, 0.3) is 5.92 Å². The molecule has 2 atom stereocenters. The van der Waals surface area contributed by atoms with E-state index in [2.05, 4.69) is 5.32 Å². The topological polar surface area (TPSA) is 15.3 Å². The van der Waals surface area contributed by atoms with Gasteiger partial charge in [-0.15, -0.1) is 0 Å². The van der Waals surface area contributed by atoms with E-state index in [1.807, 2.05) is 18.7 Å². The molecule has 1 heterocycles. The maximum Gasteiger partial charge on any atom is 0.260 e. The van der Waals surface area contributed by atoms with Crippen molar-refractivity contribution in [3.05, 3.63) is 0 Å². The third-order valence-electron chi connectivity index (χ3n) is 2.85. The van der Waals surface area contributed by atoms with E-state index in [0.717, 1.165) is 13.1 Å². The maximum atomic E-state index is 13.2. The predicted molar refractivity (Wildman–Crippen MR) is 53.7 cm³/mol. The molecule has 0 saturated carbocycles. The lowest BCUT2D eigenvalue weighted by Gasteiger charge is -2.39. The molecular formula is C10H20F2N2. The molecule has 1 fully saturated rings. The van der Waals surface area contributed by atoms with Crippen LogP contribution in [-0.4, -0.2) is 42.5 Å². The predicted octanol–water partition coefficient (Wildman–Crippen LogP) is 1.71. The molecule has 1 saturated heterocycles. The van der Waals surface area contributed by atoms with Crippen LogP contribution in [0.2, 0.25) is 0 Å². The minimum absolute atomic E-state index is 0.0714. The fourth-order valence-electron chi connectivity index (χ4n) is 1.73. The van der Waals surface area contributed by atoms with Gasteiger partial charge in [-0.2, -0.15) is 0 Å². The fourth-order valence-corrected chi connectivity index (χ4v) is 1.73. The molecule has 2 unspecified atom stereocenters. The van der Waals surface area contributed by atoms with Crippen LogP contribution in [0, 0.1) is 0 Å². The van der Waals surface area contributed by atoms with Gasteiger partial charge in [0.1, 0.15) is 0 Å². The van der Waals surface area contributed by atoms with Gasteiger partial charge in [0.2, 0.25) is 0 Å². The third kappa shape index (κ3) is 3.17. The average molecular weight is 206 g/mol. The van der Waals surface area contributed by atoms with Gasteiger partial charge in [0, 0.05) is 31.6 Å². The van der Waals surface area contributed by atoms with E-state index in [1.54, 1.807) is 0 Å². The summed E-state index contributed by atoms with van der Waals surface area (Å²) < 4.78 is 26.4. The number of nitrogens with zero attached hydrogens (tertiary/aromatic N) is 1. The van der Waals surface area contributed by atoms with Crippen molar-refractivity contribution in [2.24, 2.45) is 0 Å². The minimum atomic E-state index is -2.54. The fraction of sp³-hybridized carbons (Fsp3) is 1.00. The van der Waals surface area contributed by atoms with Crippen LogP contribution in [0.25, 0.3) is 0 Å². The van der Waals surface area contributed by atoms with Crippen molar-refractivity contribution in [2.75, 3.05) is 19.6 Å². The van der Waals surface area contributed by atoms with Gasteiger partial charge in [-0.25, -0.2) is 8.78 Å². The zero-order chi connectivity index (χ0) is 10.8. The van der Waals surface area contributed by atoms with Crippen LogP contribution in [0.1, 0.15) is 27.2 Å². The lowest BCUT2D eigenvalue weighted by Crippen LogP contribution is -2.56. The lowest BCUT2D eigenvalue weighted by atomic mass is 10.1. The molecule has 1 rings (SSSR count). The highest BCUT2D eigenvalue weighted by atomic mass is 19.3. The smallest absolute Gasteiger partial charge is 0.260 e. The summed E-state index contributed by atoms with van der Waals surface area (Å²) in [5.74, 6) is -2.54. The highest BCUT2D eigenvalue weighted by molar-refractivity contribution is 4.84. The zero-order valence-electron chi connectivity index (χ0n) is 9.19. The molecule has 84 valence electrons. The first kappa shape index (κ1) is 11.9. The second-order valence-corrected chi connectivity index (χ2v) is 4.30. The monoisotopic (exact) mass is 206 g/mol. The summed E-state index contributed by atoms with van der Waals surface area (Å²) in [6.45, 7) is 6.98. The van der Waals surface area contributed by atoms with Crippen molar-refractivity contribution < 1.29 is 8.78 Å². The molecule has 0 radical (unpaired) electrons. The van der Waals surface area contributed by atoms with Gasteiger partial charge in [-0.3, -0.25) is 4.90 Å². The summed E-state index contributed by atoms with van der Waals surface area (Å²) in [5, 5.41) is 3.28. The molecule has 0 amide bonds. The Labute approximate surface area is 84.7 Å². The first-order valence-electron chi connectivity index (χ1n) is 5.30. The lowest BCUT2D eigenvalue weighted by molar-refractivity contribution is -0.0503. The number of hydrogen-bond donors (Lipinski definition) is 1. The molecule has 0 aromatic heterocycles. The molecular weight excluding hydrogens is 186 g/mol. The molecule has 14 heavy (non-hydrogen) atoms. The SMILES string of the molecule is CCC(F)(F)CN1CC(C)NCC1C. The third-order valence-corrected chi connectivity index (χ3v) is 2.85. The average Bonchev–Trinajstić information content (AvgIpc) is 2.11. The number of nitrogens with one attached hydrogen (secondary N) is 1. The van der Waals surface area contributed by atoms with Crippen LogP contribution < -0.4 is 5.32 Å². The van der Waals surface area contributed by atoms with Crippen LogP contribution in [0.4, 0.5) is 8.78 Å². The van der Waals surface area contributed by atoms with Crippen LogP contribution in [0.5, 0.6) is 0 Å². The molecule has 0 aromatic rings. The van der Waals surface area contributed by atoms with E-state index < -0.39 is 5.92 Å². The first-order chi connectivity index (χ1) is 6.44. The Morgan fingerprint density at radius 3 is 2.64 bits per heavy atom. The molecule has 2 nitrogen and oxygen atoms in total. The van der Waals surface area contributed by atoms with Crippen LogP contribution >= 0.6 is 0 Å². The molecule has 0 aromatic carbocycles. The summed E-state index contributed by atoms with van der Waals surface area (Å²) in [6, 6.07) is 0.530. The van der Waals surface area contributed by atoms with Gasteiger partial charge in [-0.05, 0) is 13.8 Å². The summed E-state index contributed by atoms with van der Waals surface area (Å²) in [6.07, 6.45) is -0.0714. The minimum Gasteiger partial charge on any atom is -0.311 e. The molecule has 0 aliphatic carbocycles. The van der Waals surface area contributed by atoms with E-state index in [-0.39, 0.29) is 19.0 Å². The van der Waals surface area contributed by atoms with Gasteiger partial charge in [0.15, 0.2) is 0 Å². The molecule has 1 N–H and O–H groups in total. The van der Waals surface area contributed by atoms with E-state index in [4.69, 9.17) is 0 Å². The van der Waals surface area contributed by atoms with Crippen LogP contribution in [-0.2, 0) is 0 Å². The van der Waals surface area contributed by atoms with Crippen molar-refractivity contribution in [1.29, 1.82) is 0 Å². The Bertz CT molecular complexity index is 185. The molecule has 0 bridgehead atoms. The number of alkyl halides is 2. The maximum absolute atomic E-state index is 13.2. The van der Waals surface area contributed by atoms with Gasteiger partial charge in [-0.1, -0.05) is 6.92 Å². The molecule has 4 heteroatoms. The standard InChI is InChI=1S/C10H20F2N2/c1-4-10(11,12)7-14-6-8(2)13-5-9(14)3/h8-9,13H,4-7H2,1-3H3. The highest BCUT2D eigenvalue weighted by Crippen LogP contribution is 2.21. The second-order valence-electron chi connectivity index (χ2n) is 4.30. The van der Waals surface area contributed by atoms with Crippen molar-refractivity contribution in [1.82, 2.24) is 10.2 Å². The summed E-state index contributed by atoms with van der Waals surface area (Å²) >= 11 is 0. The highest BCUT2D eigenvalue weighted by Gasteiger charge is 2.33. The van der Waals surface area contributed by atoms with Crippen molar-refractivity contribution in [3.8, 4) is 0 Å². The normalized spacial score (nSPS) is 30.6. The second kappa shape index (κ2) is 4.53. The summed E-state index contributed by atoms with van der Waals surface area (Å²) in [4.78, 5) is 1.88. The number of hydrogen-bond acceptors (Lipinski definition) is 2. The Morgan fingerprint density at radius 1 is 1.43 bits per heavy atom. The van der Waals surface area contributed by atoms with E-state index >= 15 is 0 Å². The van der Waals surface area contributed by atoms with Gasteiger partial charge >= 0.3 is 0 Å². The van der Waals surface area contributed by atoms with Gasteiger partial charge < -0.3 is 5.32 Å². The summed E-state index contributed by atoms with van der Waals surface area (Å²) in [5.41, 5.74) is 0. The Hall–Kier alpha value is -0.220. The van der Waals surface area contributed by atoms with Crippen molar-refractivity contribution >= 4 is 0 Å². The largest absolute Gasteiger partial charge is 0.311 e. The van der Waals surface area contributed by atoms with E-state index in [9.17, 15) is 8.78 Å². The Kier molecular flexibility index (Phi) is 3.84. The number of piperazine rings is 1. The molecule has 1 aliphatic rings. The van der Waals surface area contributed by atoms with E-state index in [1.165, 1.54) is 6.92 Å². The zero-order valence-corrected chi connectivity index (χ0v) is 9.19. The van der Waals surface area contributed by atoms with Crippen LogP contribution in [0.15, 0.2) is 0 Å². The number of halogens is 2. The molecule has 0 spiro atoms. The first-order valence-corrected chi connectivity index (χ1v) is 5.30. The Morgan fingerprint density at radius 2 is 2.07 bits per heavy atom. The van der Waals surface area contributed by atoms with Crippen LogP contribution in [0.3, 0.4) is 0 Å². The quantitative estimate of drug-likeness (QED) is 0.756. The van der Waals surface area contributed by atoms with Crippen molar-refractivity contribution in [2.45, 2.75) is 45.2 Å². The Balaban J connectivity index is 2.49. The van der Waals surface area contributed by atoms with Gasteiger partial charge in [0.05, 0.1) is 6.54 Å². The molecule has 1 aliphatic heterocycles.